The molecule has 2 heteroatoms. The predicted molar refractivity (Wildman–Crippen MR) is 102 cm³/mol. The van der Waals surface area contributed by atoms with E-state index in [9.17, 15) is 4.39 Å². The third-order valence-corrected chi connectivity index (χ3v) is 5.81. The van der Waals surface area contributed by atoms with Gasteiger partial charge < -0.3 is 0 Å². The fourth-order valence-electron chi connectivity index (χ4n) is 4.28. The number of alkyl halides is 1. The van der Waals surface area contributed by atoms with E-state index in [4.69, 9.17) is 0 Å². The molecule has 0 bridgehead atoms. The van der Waals surface area contributed by atoms with Gasteiger partial charge in [-0.15, -0.1) is 0 Å². The largest absolute Gasteiger partial charge is 0.296 e. The van der Waals surface area contributed by atoms with Gasteiger partial charge in [0.2, 0.25) is 0 Å². The van der Waals surface area contributed by atoms with Crippen LogP contribution in [0.2, 0.25) is 0 Å². The SMILES string of the molecule is CC[C@H]1CCC(CCN(CCF)Cc2ccc(C)cc2)CC(C)C1. The fraction of sp³-hybridized carbons (Fsp3) is 0.727. The van der Waals surface area contributed by atoms with Gasteiger partial charge in [-0.1, -0.05) is 62.9 Å². The first-order chi connectivity index (χ1) is 11.6. The Morgan fingerprint density at radius 1 is 1.04 bits per heavy atom. The van der Waals surface area contributed by atoms with Crippen molar-refractivity contribution >= 4 is 0 Å². The number of hydrogen-bond donors (Lipinski definition) is 0. The van der Waals surface area contributed by atoms with Gasteiger partial charge in [-0.05, 0) is 56.0 Å². The molecule has 1 saturated carbocycles. The molecule has 0 aromatic heterocycles. The highest BCUT2D eigenvalue weighted by Crippen LogP contribution is 2.34. The van der Waals surface area contributed by atoms with E-state index in [1.54, 1.807) is 0 Å². The van der Waals surface area contributed by atoms with Crippen LogP contribution >= 0.6 is 0 Å². The Kier molecular flexibility index (Phi) is 8.24. The molecule has 1 nitrogen and oxygen atoms in total. The summed E-state index contributed by atoms with van der Waals surface area (Å²) in [6.45, 7) is 9.10. The maximum atomic E-state index is 13.0. The highest BCUT2D eigenvalue weighted by molar-refractivity contribution is 5.21. The minimum Gasteiger partial charge on any atom is -0.296 e. The van der Waals surface area contributed by atoms with Crippen LogP contribution in [0.15, 0.2) is 24.3 Å². The minimum absolute atomic E-state index is 0.245. The zero-order chi connectivity index (χ0) is 17.4. The van der Waals surface area contributed by atoms with Gasteiger partial charge in [0.1, 0.15) is 6.67 Å². The summed E-state index contributed by atoms with van der Waals surface area (Å²) in [5.74, 6) is 2.62. The van der Waals surface area contributed by atoms with Crippen molar-refractivity contribution in [3.05, 3.63) is 35.4 Å². The average Bonchev–Trinajstić information content (AvgIpc) is 2.76. The first-order valence-electron chi connectivity index (χ1n) is 9.94. The molecule has 0 saturated heterocycles. The van der Waals surface area contributed by atoms with E-state index in [-0.39, 0.29) is 6.67 Å². The summed E-state index contributed by atoms with van der Waals surface area (Å²) in [5, 5.41) is 0. The van der Waals surface area contributed by atoms with Crippen LogP contribution in [-0.4, -0.2) is 24.7 Å². The molecule has 0 N–H and O–H groups in total. The molecule has 2 unspecified atom stereocenters. The molecule has 1 aliphatic rings. The molecule has 24 heavy (non-hydrogen) atoms. The zero-order valence-corrected chi connectivity index (χ0v) is 15.9. The number of benzene rings is 1. The summed E-state index contributed by atoms with van der Waals surface area (Å²) < 4.78 is 13.0. The second-order valence-corrected chi connectivity index (χ2v) is 8.03. The summed E-state index contributed by atoms with van der Waals surface area (Å²) in [4.78, 5) is 2.30. The summed E-state index contributed by atoms with van der Waals surface area (Å²) in [5.41, 5.74) is 2.59. The topological polar surface area (TPSA) is 3.24 Å². The van der Waals surface area contributed by atoms with Crippen LogP contribution in [0.4, 0.5) is 4.39 Å². The second-order valence-electron chi connectivity index (χ2n) is 8.03. The highest BCUT2D eigenvalue weighted by atomic mass is 19.1. The summed E-state index contributed by atoms with van der Waals surface area (Å²) in [6, 6.07) is 8.67. The first-order valence-corrected chi connectivity index (χ1v) is 9.94. The first kappa shape index (κ1) is 19.4. The van der Waals surface area contributed by atoms with Gasteiger partial charge in [0.25, 0.3) is 0 Å². The lowest BCUT2D eigenvalue weighted by molar-refractivity contribution is 0.214. The van der Waals surface area contributed by atoms with Crippen molar-refractivity contribution in [2.45, 2.75) is 65.8 Å². The smallest absolute Gasteiger partial charge is 0.102 e. The molecule has 1 aromatic carbocycles. The Labute approximate surface area is 148 Å². The Morgan fingerprint density at radius 2 is 1.71 bits per heavy atom. The number of hydrogen-bond acceptors (Lipinski definition) is 1. The molecule has 0 amide bonds. The van der Waals surface area contributed by atoms with Crippen LogP contribution in [0.3, 0.4) is 0 Å². The quantitative estimate of drug-likeness (QED) is 0.527. The molecule has 1 aliphatic carbocycles. The molecule has 0 spiro atoms. The highest BCUT2D eigenvalue weighted by Gasteiger charge is 2.22. The molecule has 1 fully saturated rings. The lowest BCUT2D eigenvalue weighted by Gasteiger charge is -2.24. The van der Waals surface area contributed by atoms with E-state index in [0.29, 0.717) is 6.54 Å². The van der Waals surface area contributed by atoms with E-state index in [1.165, 1.54) is 49.7 Å². The van der Waals surface area contributed by atoms with Gasteiger partial charge in [0.05, 0.1) is 0 Å². The van der Waals surface area contributed by atoms with Gasteiger partial charge in [-0.2, -0.15) is 0 Å². The van der Waals surface area contributed by atoms with E-state index in [0.717, 1.165) is 30.8 Å². The van der Waals surface area contributed by atoms with E-state index in [2.05, 4.69) is 49.9 Å². The Hall–Kier alpha value is -0.890. The van der Waals surface area contributed by atoms with Crippen LogP contribution in [0.1, 0.15) is 63.5 Å². The van der Waals surface area contributed by atoms with Crippen molar-refractivity contribution in [2.75, 3.05) is 19.8 Å². The molecular weight excluding hydrogens is 297 g/mol. The van der Waals surface area contributed by atoms with Crippen molar-refractivity contribution in [3.63, 3.8) is 0 Å². The molecule has 0 aliphatic heterocycles. The maximum absolute atomic E-state index is 13.0. The Morgan fingerprint density at radius 3 is 2.38 bits per heavy atom. The van der Waals surface area contributed by atoms with Gasteiger partial charge in [-0.3, -0.25) is 4.90 Å². The van der Waals surface area contributed by atoms with Crippen molar-refractivity contribution in [3.8, 4) is 0 Å². The lowest BCUT2D eigenvalue weighted by atomic mass is 9.91. The molecule has 3 atom stereocenters. The average molecular weight is 334 g/mol. The van der Waals surface area contributed by atoms with Crippen LogP contribution in [0.25, 0.3) is 0 Å². The number of rotatable bonds is 8. The molecule has 2 rings (SSSR count). The Bertz CT molecular complexity index is 456. The van der Waals surface area contributed by atoms with Crippen molar-refractivity contribution in [1.82, 2.24) is 4.90 Å². The summed E-state index contributed by atoms with van der Waals surface area (Å²) in [7, 11) is 0. The third kappa shape index (κ3) is 6.55. The maximum Gasteiger partial charge on any atom is 0.102 e. The summed E-state index contributed by atoms with van der Waals surface area (Å²) in [6.07, 6.45) is 8.10. The normalized spacial score (nSPS) is 25.0. The number of halogens is 1. The monoisotopic (exact) mass is 333 g/mol. The molecule has 0 heterocycles. The van der Waals surface area contributed by atoms with E-state index >= 15 is 0 Å². The van der Waals surface area contributed by atoms with Crippen LogP contribution in [0, 0.1) is 24.7 Å². The van der Waals surface area contributed by atoms with Crippen molar-refractivity contribution in [2.24, 2.45) is 17.8 Å². The predicted octanol–water partition coefficient (Wildman–Crippen LogP) is 6.01. The van der Waals surface area contributed by atoms with Crippen molar-refractivity contribution < 1.29 is 4.39 Å². The van der Waals surface area contributed by atoms with Crippen LogP contribution < -0.4 is 0 Å². The second kappa shape index (κ2) is 10.2. The van der Waals surface area contributed by atoms with Gasteiger partial charge in [-0.25, -0.2) is 4.39 Å². The summed E-state index contributed by atoms with van der Waals surface area (Å²) >= 11 is 0. The van der Waals surface area contributed by atoms with Gasteiger partial charge >= 0.3 is 0 Å². The van der Waals surface area contributed by atoms with Crippen molar-refractivity contribution in [1.29, 1.82) is 0 Å². The number of nitrogens with zero attached hydrogens (tertiary/aromatic N) is 1. The van der Waals surface area contributed by atoms with E-state index < -0.39 is 0 Å². The molecule has 136 valence electrons. The van der Waals surface area contributed by atoms with Gasteiger partial charge in [0, 0.05) is 13.1 Å². The molecule has 0 radical (unpaired) electrons. The third-order valence-electron chi connectivity index (χ3n) is 5.81. The fourth-order valence-corrected chi connectivity index (χ4v) is 4.28. The number of aryl methyl sites for hydroxylation is 1. The standard InChI is InChI=1S/C22H36FN/c1-4-20-9-10-21(16-19(3)15-20)11-13-24(14-12-23)17-22-7-5-18(2)6-8-22/h5-8,19-21H,4,9-17H2,1-3H3/t19?,20-,21?/m0/s1. The van der Waals surface area contributed by atoms with Crippen LogP contribution in [-0.2, 0) is 6.54 Å². The molecule has 1 aromatic rings. The zero-order valence-electron chi connectivity index (χ0n) is 15.9. The van der Waals surface area contributed by atoms with Crippen LogP contribution in [0.5, 0.6) is 0 Å². The van der Waals surface area contributed by atoms with E-state index in [1.807, 2.05) is 0 Å². The van der Waals surface area contributed by atoms with Gasteiger partial charge in [0.15, 0.2) is 0 Å². The minimum atomic E-state index is -0.245. The Balaban J connectivity index is 1.85. The lowest BCUT2D eigenvalue weighted by Crippen LogP contribution is -2.28. The molecular formula is C22H36FN.